The number of imide groups is 1. The summed E-state index contributed by atoms with van der Waals surface area (Å²) in [6.07, 6.45) is 6.61. The summed E-state index contributed by atoms with van der Waals surface area (Å²) in [5, 5.41) is 2.62. The third kappa shape index (κ3) is 12.9. The minimum absolute atomic E-state index is 0.0649. The molecule has 2 N–H and O–H groups in total. The Bertz CT molecular complexity index is 1780. The molecule has 3 rings (SSSR count). The summed E-state index contributed by atoms with van der Waals surface area (Å²) in [5.74, 6) is -3.18. The number of nitrogens with one attached hydrogen (secondary N) is 2. The van der Waals surface area contributed by atoms with Gasteiger partial charge in [-0.15, -0.1) is 0 Å². The number of amides is 3. The Kier molecular flexibility index (Phi) is 16.0. The van der Waals surface area contributed by atoms with Crippen molar-refractivity contribution in [2.75, 3.05) is 11.9 Å². The molecular formula is C41H59N3O10S. The van der Waals surface area contributed by atoms with E-state index in [1.54, 1.807) is 46.8 Å². The normalized spacial score (nSPS) is 15.4. The number of unbranched alkanes of at least 4 members (excludes halogenated alkanes) is 7. The van der Waals surface area contributed by atoms with Crippen LogP contribution in [0, 0.1) is 12.3 Å². The zero-order valence-electron chi connectivity index (χ0n) is 33.8. The van der Waals surface area contributed by atoms with Crippen molar-refractivity contribution in [1.29, 1.82) is 0 Å². The summed E-state index contributed by atoms with van der Waals surface area (Å²) >= 11 is 0. The molecule has 14 heteroatoms. The molecule has 1 saturated heterocycles. The molecule has 2 atom stereocenters. The van der Waals surface area contributed by atoms with E-state index in [1.165, 1.54) is 63.4 Å². The monoisotopic (exact) mass is 785 g/mol. The molecule has 0 radical (unpaired) electrons. The first kappa shape index (κ1) is 45.1. The van der Waals surface area contributed by atoms with E-state index in [1.807, 2.05) is 6.92 Å². The van der Waals surface area contributed by atoms with Crippen LogP contribution < -0.4 is 14.8 Å². The van der Waals surface area contributed by atoms with Crippen LogP contribution in [-0.4, -0.2) is 73.4 Å². The Labute approximate surface area is 326 Å². The first-order valence-electron chi connectivity index (χ1n) is 19.2. The van der Waals surface area contributed by atoms with Crippen molar-refractivity contribution in [3.63, 3.8) is 0 Å². The van der Waals surface area contributed by atoms with E-state index in [-0.39, 0.29) is 28.4 Å². The second-order valence-electron chi connectivity index (χ2n) is 15.9. The highest BCUT2D eigenvalue weighted by molar-refractivity contribution is 7.89. The summed E-state index contributed by atoms with van der Waals surface area (Å²) < 4.78 is 45.8. The number of aryl methyl sites for hydroxylation is 1. The van der Waals surface area contributed by atoms with Crippen LogP contribution in [0.15, 0.2) is 47.4 Å². The van der Waals surface area contributed by atoms with Gasteiger partial charge in [0.2, 0.25) is 10.0 Å². The van der Waals surface area contributed by atoms with E-state index in [2.05, 4.69) is 17.0 Å². The van der Waals surface area contributed by atoms with Gasteiger partial charge in [-0.05, 0) is 77.8 Å². The molecule has 55 heavy (non-hydrogen) atoms. The molecule has 3 amide bonds. The van der Waals surface area contributed by atoms with Crippen molar-refractivity contribution in [2.45, 2.75) is 149 Å². The maximum Gasteiger partial charge on any atom is 0.418 e. The standard InChI is InChI=1S/C41H59N3O10S/c1-10-11-12-13-14-15-16-17-18-30(26-42-55(50,51)31-22-19-28(4)20-23-31)53-37(47)29-21-24-32(33(25-29)52-27(2)3)43-36(46)34(35(45)40(5,6)7)44-38(48)41(8,9)54-39(44)49/h19-25,27,30,34,42H,10-18,26H2,1-9H3,(H,43,46). The number of nitrogens with zero attached hydrogens (tertiary/aromatic N) is 1. The van der Waals surface area contributed by atoms with Crippen molar-refractivity contribution < 1.29 is 46.6 Å². The fraction of sp³-hybridized carbons (Fsp3) is 0.585. The number of Topliss-reactive ketones (excluding diaryl/α,β-unsaturated/α-hetero) is 1. The van der Waals surface area contributed by atoms with E-state index in [4.69, 9.17) is 14.2 Å². The number of hydrogen-bond donors (Lipinski definition) is 2. The zero-order valence-corrected chi connectivity index (χ0v) is 34.6. The lowest BCUT2D eigenvalue weighted by Crippen LogP contribution is -2.55. The highest BCUT2D eigenvalue weighted by atomic mass is 32.2. The van der Waals surface area contributed by atoms with Crippen LogP contribution in [0.5, 0.6) is 5.75 Å². The first-order chi connectivity index (χ1) is 25.7. The Morgan fingerprint density at radius 1 is 0.909 bits per heavy atom. The third-order valence-electron chi connectivity index (χ3n) is 9.09. The smallest absolute Gasteiger partial charge is 0.418 e. The fourth-order valence-electron chi connectivity index (χ4n) is 5.91. The summed E-state index contributed by atoms with van der Waals surface area (Å²) in [6.45, 7) is 14.8. The highest BCUT2D eigenvalue weighted by Crippen LogP contribution is 2.32. The number of hydrogen-bond acceptors (Lipinski definition) is 10. The molecule has 0 saturated carbocycles. The Balaban J connectivity index is 1.85. The topological polar surface area (TPSA) is 174 Å². The van der Waals surface area contributed by atoms with Crippen LogP contribution in [0.25, 0.3) is 0 Å². The van der Waals surface area contributed by atoms with Crippen molar-refractivity contribution in [2.24, 2.45) is 5.41 Å². The number of benzene rings is 2. The van der Waals surface area contributed by atoms with E-state index >= 15 is 0 Å². The molecule has 0 aromatic heterocycles. The molecule has 0 bridgehead atoms. The lowest BCUT2D eigenvalue weighted by atomic mass is 9.85. The minimum Gasteiger partial charge on any atom is -0.489 e. The molecule has 1 heterocycles. The molecule has 0 spiro atoms. The van der Waals surface area contributed by atoms with Crippen LogP contribution in [0.1, 0.15) is 129 Å². The second-order valence-corrected chi connectivity index (χ2v) is 17.7. The zero-order chi connectivity index (χ0) is 41.1. The minimum atomic E-state index is -3.88. The molecule has 13 nitrogen and oxygen atoms in total. The Morgan fingerprint density at radius 2 is 1.51 bits per heavy atom. The molecule has 0 aliphatic carbocycles. The van der Waals surface area contributed by atoms with Gasteiger partial charge in [-0.2, -0.15) is 0 Å². The number of anilines is 1. The van der Waals surface area contributed by atoms with Crippen LogP contribution in [0.3, 0.4) is 0 Å². The number of ketones is 1. The lowest BCUT2D eigenvalue weighted by molar-refractivity contribution is -0.145. The maximum atomic E-state index is 13.8. The van der Waals surface area contributed by atoms with Crippen molar-refractivity contribution in [3.8, 4) is 5.75 Å². The number of ether oxygens (including phenoxy) is 3. The molecule has 2 aromatic rings. The van der Waals surface area contributed by atoms with Crippen molar-refractivity contribution >= 4 is 45.4 Å². The molecule has 1 fully saturated rings. The Morgan fingerprint density at radius 3 is 2.05 bits per heavy atom. The molecule has 1 aliphatic heterocycles. The van der Waals surface area contributed by atoms with E-state index in [0.717, 1.165) is 37.7 Å². The molecule has 2 aromatic carbocycles. The Hall–Kier alpha value is -4.30. The van der Waals surface area contributed by atoms with Gasteiger partial charge in [-0.3, -0.25) is 14.4 Å². The van der Waals surface area contributed by atoms with Gasteiger partial charge in [-0.1, -0.05) is 90.3 Å². The molecule has 1 aliphatic rings. The van der Waals surface area contributed by atoms with Gasteiger partial charge in [0.05, 0.1) is 22.3 Å². The van der Waals surface area contributed by atoms with E-state index in [9.17, 15) is 32.4 Å². The van der Waals surface area contributed by atoms with Gasteiger partial charge in [-0.25, -0.2) is 27.6 Å². The number of sulfonamides is 1. The number of carbonyl (C=O) groups is 5. The molecule has 304 valence electrons. The lowest BCUT2D eigenvalue weighted by Gasteiger charge is -2.28. The fourth-order valence-corrected chi connectivity index (χ4v) is 6.97. The van der Waals surface area contributed by atoms with Gasteiger partial charge >= 0.3 is 12.1 Å². The maximum absolute atomic E-state index is 13.8. The highest BCUT2D eigenvalue weighted by Gasteiger charge is 2.55. The summed E-state index contributed by atoms with van der Waals surface area (Å²) in [7, 11) is -3.88. The van der Waals surface area contributed by atoms with Gasteiger partial charge in [0, 0.05) is 12.0 Å². The second kappa shape index (κ2) is 19.5. The van der Waals surface area contributed by atoms with Crippen molar-refractivity contribution in [3.05, 3.63) is 53.6 Å². The summed E-state index contributed by atoms with van der Waals surface area (Å²) in [4.78, 5) is 67.7. The van der Waals surface area contributed by atoms with Crippen LogP contribution in [-0.2, 0) is 33.9 Å². The largest absolute Gasteiger partial charge is 0.489 e. The number of cyclic esters (lactones) is 1. The van der Waals surface area contributed by atoms with Crippen LogP contribution in [0.4, 0.5) is 10.5 Å². The number of esters is 1. The average molecular weight is 786 g/mol. The summed E-state index contributed by atoms with van der Waals surface area (Å²) in [6, 6.07) is 8.77. The predicted octanol–water partition coefficient (Wildman–Crippen LogP) is 7.50. The van der Waals surface area contributed by atoms with E-state index < -0.39 is 68.9 Å². The quantitative estimate of drug-likeness (QED) is 0.0733. The van der Waals surface area contributed by atoms with Gasteiger partial charge in [0.15, 0.2) is 17.4 Å². The first-order valence-corrected chi connectivity index (χ1v) is 20.7. The predicted molar refractivity (Wildman–Crippen MR) is 209 cm³/mol. The molecular weight excluding hydrogens is 727 g/mol. The number of carbonyl (C=O) groups excluding carboxylic acids is 5. The number of rotatable bonds is 21. The summed E-state index contributed by atoms with van der Waals surface area (Å²) in [5.41, 5.74) is -1.64. The van der Waals surface area contributed by atoms with Gasteiger partial charge in [0.25, 0.3) is 11.8 Å². The molecule has 2 unspecified atom stereocenters. The SMILES string of the molecule is CCCCCCCCCCC(CNS(=O)(=O)c1ccc(C)cc1)OC(=O)c1ccc(NC(=O)C(C(=O)C(C)(C)C)N2C(=O)OC(C)(C)C2=O)c(OC(C)C)c1. The van der Waals surface area contributed by atoms with Crippen molar-refractivity contribution in [1.82, 2.24) is 9.62 Å². The average Bonchev–Trinajstić information content (AvgIpc) is 3.30. The van der Waals surface area contributed by atoms with Crippen LogP contribution >= 0.6 is 0 Å². The third-order valence-corrected chi connectivity index (χ3v) is 10.5. The van der Waals surface area contributed by atoms with Gasteiger partial charge in [0.1, 0.15) is 11.9 Å². The van der Waals surface area contributed by atoms with Crippen LogP contribution in [0.2, 0.25) is 0 Å². The van der Waals surface area contributed by atoms with Gasteiger partial charge < -0.3 is 19.5 Å². The van der Waals surface area contributed by atoms with E-state index in [0.29, 0.717) is 11.3 Å².